The van der Waals surface area contributed by atoms with Crippen LogP contribution in [-0.4, -0.2) is 27.5 Å². The minimum Gasteiger partial charge on any atom is -0.457 e. The van der Waals surface area contributed by atoms with Crippen LogP contribution >= 0.6 is 0 Å². The summed E-state index contributed by atoms with van der Waals surface area (Å²) in [7, 11) is 0. The highest BCUT2D eigenvalue weighted by Crippen LogP contribution is 2.29. The van der Waals surface area contributed by atoms with Crippen LogP contribution in [0.1, 0.15) is 36.7 Å². The molecule has 0 fully saturated rings. The Labute approximate surface area is 175 Å². The number of hydrogen-bond acceptors (Lipinski definition) is 4. The molecular formula is C25H24N2O3. The Balaban J connectivity index is 1.59. The molecule has 1 aromatic heterocycles. The van der Waals surface area contributed by atoms with Crippen LogP contribution in [0.2, 0.25) is 0 Å². The van der Waals surface area contributed by atoms with Gasteiger partial charge in [-0.1, -0.05) is 45.0 Å². The Hall–Kier alpha value is -3.44. The van der Waals surface area contributed by atoms with Gasteiger partial charge in [-0.2, -0.15) is 0 Å². The lowest BCUT2D eigenvalue weighted by molar-refractivity contribution is 0.0904. The zero-order valence-corrected chi connectivity index (χ0v) is 17.3. The molecule has 5 heteroatoms. The van der Waals surface area contributed by atoms with Gasteiger partial charge in [0.05, 0.1) is 11.0 Å². The fourth-order valence-electron chi connectivity index (χ4n) is 3.28. The van der Waals surface area contributed by atoms with Crippen molar-refractivity contribution < 1.29 is 14.6 Å². The summed E-state index contributed by atoms with van der Waals surface area (Å²) >= 11 is 0. The lowest BCUT2D eigenvalue weighted by atomic mass is 9.87. The number of aliphatic hydroxyl groups excluding tert-OH is 1. The summed E-state index contributed by atoms with van der Waals surface area (Å²) in [5.74, 6) is 1.86. The number of aromatic amines is 1. The van der Waals surface area contributed by atoms with Crippen molar-refractivity contribution in [3.63, 3.8) is 0 Å². The molecule has 0 aliphatic carbocycles. The number of ketones is 1. The molecule has 5 nitrogen and oxygen atoms in total. The summed E-state index contributed by atoms with van der Waals surface area (Å²) in [6.45, 7) is 6.04. The number of carbonyl (C=O) groups is 1. The van der Waals surface area contributed by atoms with Crippen LogP contribution in [0.3, 0.4) is 0 Å². The normalized spacial score (nSPS) is 11.6. The minimum atomic E-state index is -0.511. The molecule has 0 spiro atoms. The summed E-state index contributed by atoms with van der Waals surface area (Å²) in [6, 6.07) is 21.0. The van der Waals surface area contributed by atoms with Crippen molar-refractivity contribution in [2.24, 2.45) is 0 Å². The average molecular weight is 400 g/mol. The summed E-state index contributed by atoms with van der Waals surface area (Å²) in [5, 5.41) is 9.06. The summed E-state index contributed by atoms with van der Waals surface area (Å²) in [4.78, 5) is 19.6. The lowest BCUT2D eigenvalue weighted by Gasteiger charge is -2.19. The van der Waals surface area contributed by atoms with Crippen LogP contribution in [0.25, 0.3) is 22.4 Å². The van der Waals surface area contributed by atoms with Crippen LogP contribution in [0.4, 0.5) is 0 Å². The quantitative estimate of drug-likeness (QED) is 0.434. The predicted molar refractivity (Wildman–Crippen MR) is 118 cm³/mol. The molecule has 4 aromatic rings. The molecule has 0 radical (unpaired) electrons. The number of benzene rings is 3. The van der Waals surface area contributed by atoms with E-state index in [1.807, 2.05) is 36.4 Å². The number of H-pyrrole nitrogens is 1. The number of carbonyl (C=O) groups excluding carboxylic acids is 1. The topological polar surface area (TPSA) is 75.2 Å². The van der Waals surface area contributed by atoms with Crippen molar-refractivity contribution in [2.75, 3.05) is 6.61 Å². The summed E-state index contributed by atoms with van der Waals surface area (Å²) in [6.07, 6.45) is 0. The maximum absolute atomic E-state index is 11.7. The van der Waals surface area contributed by atoms with Crippen molar-refractivity contribution in [3.8, 4) is 22.9 Å². The Morgan fingerprint density at radius 3 is 2.47 bits per heavy atom. The van der Waals surface area contributed by atoms with Crippen molar-refractivity contribution in [1.29, 1.82) is 0 Å². The molecule has 1 heterocycles. The standard InChI is InChI=1S/C25H24N2O3/c1-25(2,3)18-8-10-19(11-9-18)30-20-6-4-5-17(13-20)24-26-21-12-7-16(23(29)15-28)14-22(21)27-24/h4-14,28H,15H2,1-3H3,(H,26,27). The van der Waals surface area contributed by atoms with Gasteiger partial charge in [0.25, 0.3) is 0 Å². The maximum Gasteiger partial charge on any atom is 0.188 e. The molecule has 4 rings (SSSR count). The number of nitrogens with zero attached hydrogens (tertiary/aromatic N) is 1. The molecule has 152 valence electrons. The molecule has 2 N–H and O–H groups in total. The monoisotopic (exact) mass is 400 g/mol. The summed E-state index contributed by atoms with van der Waals surface area (Å²) < 4.78 is 6.03. The molecule has 3 aromatic carbocycles. The maximum atomic E-state index is 11.7. The van der Waals surface area contributed by atoms with E-state index in [1.165, 1.54) is 5.56 Å². The first-order valence-electron chi connectivity index (χ1n) is 9.86. The van der Waals surface area contributed by atoms with Crippen molar-refractivity contribution in [3.05, 3.63) is 77.9 Å². The Morgan fingerprint density at radius 1 is 1.00 bits per heavy atom. The third-order valence-corrected chi connectivity index (χ3v) is 5.01. The van der Waals surface area contributed by atoms with E-state index < -0.39 is 6.61 Å². The second-order valence-electron chi connectivity index (χ2n) is 8.30. The number of Topliss-reactive ketones (excluding diaryl/α,β-unsaturated/α-hetero) is 1. The average Bonchev–Trinajstić information content (AvgIpc) is 3.16. The number of hydrogen-bond donors (Lipinski definition) is 2. The first kappa shape index (κ1) is 19.9. The highest BCUT2D eigenvalue weighted by Gasteiger charge is 2.13. The number of nitrogens with one attached hydrogen (secondary N) is 1. The van der Waals surface area contributed by atoms with E-state index in [2.05, 4.69) is 42.9 Å². The highest BCUT2D eigenvalue weighted by atomic mass is 16.5. The molecule has 0 unspecified atom stereocenters. The van der Waals surface area contributed by atoms with Gasteiger partial charge >= 0.3 is 0 Å². The van der Waals surface area contributed by atoms with Crippen molar-refractivity contribution >= 4 is 16.8 Å². The SMILES string of the molecule is CC(C)(C)c1ccc(Oc2cccc(-c3nc4ccc(C(=O)CO)cc4[nH]3)c2)cc1. The zero-order valence-electron chi connectivity index (χ0n) is 17.3. The minimum absolute atomic E-state index is 0.0986. The number of ether oxygens (including phenoxy) is 1. The number of imidazole rings is 1. The number of rotatable bonds is 5. The van der Waals surface area contributed by atoms with Crippen LogP contribution in [-0.2, 0) is 5.41 Å². The van der Waals surface area contributed by atoms with Gasteiger partial charge in [-0.15, -0.1) is 0 Å². The summed E-state index contributed by atoms with van der Waals surface area (Å²) in [5.41, 5.74) is 4.18. The van der Waals surface area contributed by atoms with Crippen LogP contribution in [0, 0.1) is 0 Å². The molecule has 0 saturated heterocycles. The molecule has 0 bridgehead atoms. The van der Waals surface area contributed by atoms with E-state index in [1.54, 1.807) is 18.2 Å². The smallest absolute Gasteiger partial charge is 0.188 e. The van der Waals surface area contributed by atoms with Crippen LogP contribution in [0.15, 0.2) is 66.7 Å². The van der Waals surface area contributed by atoms with Crippen LogP contribution in [0.5, 0.6) is 11.5 Å². The van der Waals surface area contributed by atoms with Gasteiger partial charge < -0.3 is 14.8 Å². The van der Waals surface area contributed by atoms with E-state index in [4.69, 9.17) is 9.84 Å². The molecule has 0 saturated carbocycles. The third-order valence-electron chi connectivity index (χ3n) is 5.01. The Kier molecular flexibility index (Phi) is 5.14. The van der Waals surface area contributed by atoms with E-state index in [9.17, 15) is 4.79 Å². The molecule has 0 aliphatic heterocycles. The molecule has 0 amide bonds. The van der Waals surface area contributed by atoms with E-state index >= 15 is 0 Å². The predicted octanol–water partition coefficient (Wildman–Crippen LogP) is 5.49. The van der Waals surface area contributed by atoms with Gasteiger partial charge in [-0.25, -0.2) is 4.98 Å². The Morgan fingerprint density at radius 2 is 1.77 bits per heavy atom. The number of aromatic nitrogens is 2. The molecule has 0 aliphatic rings. The number of fused-ring (bicyclic) bond motifs is 1. The van der Waals surface area contributed by atoms with Gasteiger partial charge in [0, 0.05) is 11.1 Å². The highest BCUT2D eigenvalue weighted by molar-refractivity contribution is 5.99. The molecular weight excluding hydrogens is 376 g/mol. The van der Waals surface area contributed by atoms with Gasteiger partial charge in [0.1, 0.15) is 23.9 Å². The number of aliphatic hydroxyl groups is 1. The molecule has 30 heavy (non-hydrogen) atoms. The van der Waals surface area contributed by atoms with Gasteiger partial charge in [-0.3, -0.25) is 4.79 Å². The fraction of sp³-hybridized carbons (Fsp3) is 0.200. The second-order valence-corrected chi connectivity index (χ2v) is 8.30. The largest absolute Gasteiger partial charge is 0.457 e. The third kappa shape index (κ3) is 4.11. The van der Waals surface area contributed by atoms with Crippen LogP contribution < -0.4 is 4.74 Å². The van der Waals surface area contributed by atoms with Gasteiger partial charge in [0.15, 0.2) is 5.78 Å². The van der Waals surface area contributed by atoms with Gasteiger partial charge in [0.2, 0.25) is 0 Å². The first-order chi connectivity index (χ1) is 14.3. The van der Waals surface area contributed by atoms with E-state index in [0.29, 0.717) is 17.1 Å². The molecule has 0 atom stereocenters. The fourth-order valence-corrected chi connectivity index (χ4v) is 3.28. The Bertz CT molecular complexity index is 1200. The first-order valence-corrected chi connectivity index (χ1v) is 9.86. The second kappa shape index (κ2) is 7.76. The van der Waals surface area contributed by atoms with E-state index in [0.717, 1.165) is 22.3 Å². The van der Waals surface area contributed by atoms with Gasteiger partial charge in [-0.05, 0) is 53.4 Å². The van der Waals surface area contributed by atoms with Crippen molar-refractivity contribution in [2.45, 2.75) is 26.2 Å². The van der Waals surface area contributed by atoms with E-state index in [-0.39, 0.29) is 11.2 Å². The lowest BCUT2D eigenvalue weighted by Crippen LogP contribution is -2.10. The van der Waals surface area contributed by atoms with Crippen molar-refractivity contribution in [1.82, 2.24) is 9.97 Å². The zero-order chi connectivity index (χ0) is 21.3.